The molecule has 1 fully saturated rings. The van der Waals surface area contributed by atoms with Crippen LogP contribution in [0.4, 0.5) is 0 Å². The van der Waals surface area contributed by atoms with Crippen LogP contribution in [0.25, 0.3) is 0 Å². The number of aromatic nitrogens is 3. The van der Waals surface area contributed by atoms with E-state index in [2.05, 4.69) is 10.3 Å². The summed E-state index contributed by atoms with van der Waals surface area (Å²) in [6.45, 7) is 1.40. The smallest absolute Gasteiger partial charge is 0.227 e. The molecule has 2 aromatic rings. The molecule has 0 atom stereocenters. The van der Waals surface area contributed by atoms with Crippen LogP contribution in [0.15, 0.2) is 36.7 Å². The number of hydrogen-bond acceptors (Lipinski definition) is 4. The maximum atomic E-state index is 12.1. The van der Waals surface area contributed by atoms with E-state index in [9.17, 15) is 4.79 Å². The van der Waals surface area contributed by atoms with E-state index in [1.807, 2.05) is 35.4 Å². The molecule has 104 valence electrons. The van der Waals surface area contributed by atoms with Crippen LogP contribution in [0.1, 0.15) is 11.6 Å². The van der Waals surface area contributed by atoms with Crippen LogP contribution < -0.4 is 4.74 Å². The number of hydrogen-bond donors (Lipinski definition) is 0. The molecule has 6 nitrogen and oxygen atoms in total. The van der Waals surface area contributed by atoms with Gasteiger partial charge in [-0.25, -0.2) is 4.68 Å². The highest BCUT2D eigenvalue weighted by Gasteiger charge is 2.32. The molecule has 1 aliphatic heterocycles. The van der Waals surface area contributed by atoms with E-state index in [4.69, 9.17) is 4.74 Å². The van der Waals surface area contributed by atoms with Crippen molar-refractivity contribution >= 4 is 5.91 Å². The van der Waals surface area contributed by atoms with E-state index in [0.29, 0.717) is 19.5 Å². The first-order valence-corrected chi connectivity index (χ1v) is 6.53. The standard InChI is InChI=1S/C14H16N4O2/c1-20-13-4-2-3-11(7-13)8-14(19)17-9-12(10-17)18-6-5-15-16-18/h2-7,12H,8-10H2,1H3. The monoisotopic (exact) mass is 272 g/mol. The minimum absolute atomic E-state index is 0.134. The Morgan fingerprint density at radius 1 is 1.45 bits per heavy atom. The first-order valence-electron chi connectivity index (χ1n) is 6.53. The summed E-state index contributed by atoms with van der Waals surface area (Å²) in [6, 6.07) is 7.86. The van der Waals surface area contributed by atoms with Crippen molar-refractivity contribution < 1.29 is 9.53 Å². The zero-order valence-electron chi connectivity index (χ0n) is 11.3. The molecule has 0 N–H and O–H groups in total. The first-order chi connectivity index (χ1) is 9.76. The third kappa shape index (κ3) is 2.49. The summed E-state index contributed by atoms with van der Waals surface area (Å²) in [5.41, 5.74) is 0.971. The Morgan fingerprint density at radius 2 is 2.30 bits per heavy atom. The number of carbonyl (C=O) groups excluding carboxylic acids is 1. The average molecular weight is 272 g/mol. The van der Waals surface area contributed by atoms with Crippen molar-refractivity contribution in [2.45, 2.75) is 12.5 Å². The molecule has 1 amide bonds. The van der Waals surface area contributed by atoms with Crippen molar-refractivity contribution in [2.75, 3.05) is 20.2 Å². The first kappa shape index (κ1) is 12.7. The Balaban J connectivity index is 1.56. The van der Waals surface area contributed by atoms with Gasteiger partial charge in [-0.1, -0.05) is 17.3 Å². The van der Waals surface area contributed by atoms with E-state index in [1.54, 1.807) is 18.0 Å². The van der Waals surface area contributed by atoms with Gasteiger partial charge in [-0.3, -0.25) is 4.79 Å². The topological polar surface area (TPSA) is 60.2 Å². The lowest BCUT2D eigenvalue weighted by Gasteiger charge is -2.38. The minimum atomic E-state index is 0.134. The Bertz CT molecular complexity index is 591. The number of amides is 1. The Morgan fingerprint density at radius 3 is 3.00 bits per heavy atom. The maximum Gasteiger partial charge on any atom is 0.227 e. The quantitative estimate of drug-likeness (QED) is 0.830. The predicted molar refractivity (Wildman–Crippen MR) is 72.3 cm³/mol. The number of benzene rings is 1. The van der Waals surface area contributed by atoms with E-state index >= 15 is 0 Å². The number of likely N-dealkylation sites (tertiary alicyclic amines) is 1. The van der Waals surface area contributed by atoms with E-state index < -0.39 is 0 Å². The summed E-state index contributed by atoms with van der Waals surface area (Å²) < 4.78 is 6.96. The van der Waals surface area contributed by atoms with Gasteiger partial charge in [-0.15, -0.1) is 5.10 Å². The van der Waals surface area contributed by atoms with Gasteiger partial charge in [-0.2, -0.15) is 0 Å². The molecular weight excluding hydrogens is 256 g/mol. The Hall–Kier alpha value is -2.37. The van der Waals surface area contributed by atoms with Gasteiger partial charge in [0, 0.05) is 19.3 Å². The summed E-state index contributed by atoms with van der Waals surface area (Å²) in [4.78, 5) is 14.0. The van der Waals surface area contributed by atoms with Crippen LogP contribution in [0, 0.1) is 0 Å². The third-order valence-corrected chi connectivity index (χ3v) is 3.52. The summed E-state index contributed by atoms with van der Waals surface area (Å²) in [7, 11) is 1.62. The van der Waals surface area contributed by atoms with Crippen molar-refractivity contribution in [1.82, 2.24) is 19.9 Å². The van der Waals surface area contributed by atoms with Crippen molar-refractivity contribution in [1.29, 1.82) is 0 Å². The van der Waals surface area contributed by atoms with Gasteiger partial charge in [-0.05, 0) is 17.7 Å². The molecule has 0 radical (unpaired) electrons. The zero-order chi connectivity index (χ0) is 13.9. The van der Waals surface area contributed by atoms with Crippen molar-refractivity contribution in [3.05, 3.63) is 42.2 Å². The largest absolute Gasteiger partial charge is 0.497 e. The summed E-state index contributed by atoms with van der Waals surface area (Å²) >= 11 is 0. The highest BCUT2D eigenvalue weighted by Crippen LogP contribution is 2.21. The van der Waals surface area contributed by atoms with Gasteiger partial charge in [0.05, 0.1) is 25.8 Å². The summed E-state index contributed by atoms with van der Waals surface area (Å²) in [5.74, 6) is 0.911. The second kappa shape index (κ2) is 5.32. The number of methoxy groups -OCH3 is 1. The molecule has 0 aliphatic carbocycles. The van der Waals surface area contributed by atoms with Crippen molar-refractivity contribution in [3.8, 4) is 5.75 Å². The van der Waals surface area contributed by atoms with Crippen LogP contribution in [0.5, 0.6) is 5.75 Å². The fourth-order valence-corrected chi connectivity index (χ4v) is 2.31. The van der Waals surface area contributed by atoms with Crippen LogP contribution in [0.2, 0.25) is 0 Å². The van der Waals surface area contributed by atoms with E-state index in [1.165, 1.54) is 0 Å². The third-order valence-electron chi connectivity index (χ3n) is 3.52. The molecule has 2 heterocycles. The Kier molecular flexibility index (Phi) is 3.37. The van der Waals surface area contributed by atoms with Crippen molar-refractivity contribution in [2.24, 2.45) is 0 Å². The second-order valence-electron chi connectivity index (χ2n) is 4.86. The fourth-order valence-electron chi connectivity index (χ4n) is 2.31. The van der Waals surface area contributed by atoms with Gasteiger partial charge < -0.3 is 9.64 Å². The van der Waals surface area contributed by atoms with Gasteiger partial charge >= 0.3 is 0 Å². The van der Waals surface area contributed by atoms with E-state index in [-0.39, 0.29) is 11.9 Å². The lowest BCUT2D eigenvalue weighted by molar-refractivity contribution is -0.136. The number of nitrogens with zero attached hydrogens (tertiary/aromatic N) is 4. The normalized spacial score (nSPS) is 14.9. The highest BCUT2D eigenvalue weighted by molar-refractivity contribution is 5.79. The molecule has 20 heavy (non-hydrogen) atoms. The lowest BCUT2D eigenvalue weighted by atomic mass is 10.1. The van der Waals surface area contributed by atoms with Crippen LogP contribution in [-0.4, -0.2) is 46.0 Å². The molecule has 1 saturated heterocycles. The molecule has 1 aromatic heterocycles. The molecule has 0 unspecified atom stereocenters. The maximum absolute atomic E-state index is 12.1. The van der Waals surface area contributed by atoms with Crippen LogP contribution >= 0.6 is 0 Å². The average Bonchev–Trinajstić information content (AvgIpc) is 2.91. The van der Waals surface area contributed by atoms with Crippen LogP contribution in [-0.2, 0) is 11.2 Å². The van der Waals surface area contributed by atoms with E-state index in [0.717, 1.165) is 11.3 Å². The number of rotatable bonds is 4. The molecule has 0 bridgehead atoms. The van der Waals surface area contributed by atoms with Gasteiger partial charge in [0.25, 0.3) is 0 Å². The highest BCUT2D eigenvalue weighted by atomic mass is 16.5. The molecule has 0 saturated carbocycles. The lowest BCUT2D eigenvalue weighted by Crippen LogP contribution is -2.51. The SMILES string of the molecule is COc1cccc(CC(=O)N2CC(n3ccnn3)C2)c1. The van der Waals surface area contributed by atoms with Gasteiger partial charge in [0.15, 0.2) is 0 Å². The predicted octanol–water partition coefficient (Wildman–Crippen LogP) is 0.913. The summed E-state index contributed by atoms with van der Waals surface area (Å²) in [6.07, 6.45) is 3.89. The van der Waals surface area contributed by atoms with Crippen LogP contribution in [0.3, 0.4) is 0 Å². The second-order valence-corrected chi connectivity index (χ2v) is 4.86. The number of carbonyl (C=O) groups is 1. The molecule has 1 aliphatic rings. The number of ether oxygens (including phenoxy) is 1. The molecule has 3 rings (SSSR count). The van der Waals surface area contributed by atoms with Crippen molar-refractivity contribution in [3.63, 3.8) is 0 Å². The molecule has 0 spiro atoms. The van der Waals surface area contributed by atoms with Gasteiger partial charge in [0.2, 0.25) is 5.91 Å². The Labute approximate surface area is 117 Å². The minimum Gasteiger partial charge on any atom is -0.497 e. The zero-order valence-corrected chi connectivity index (χ0v) is 11.3. The fraction of sp³-hybridized carbons (Fsp3) is 0.357. The molecule has 6 heteroatoms. The van der Waals surface area contributed by atoms with Gasteiger partial charge in [0.1, 0.15) is 5.75 Å². The summed E-state index contributed by atoms with van der Waals surface area (Å²) in [5, 5.41) is 7.73. The molecule has 1 aromatic carbocycles. The molecular formula is C14H16N4O2.